The predicted molar refractivity (Wildman–Crippen MR) is 122 cm³/mol. The number of carbonyl (C=O) groups excluding carboxylic acids is 3. The molecule has 178 valence electrons. The number of hydrogen-bond acceptors (Lipinski definition) is 8. The van der Waals surface area contributed by atoms with Gasteiger partial charge in [-0.25, -0.2) is 4.79 Å². The SMILES string of the molecule is CC(=O)OCC1=C(C(=O)O)N2C(=O)[C@@H](NC(=O)CNc3ccnc4cc(Cl)ccc34)[C@H]2[S+]([O-])C1. The van der Waals surface area contributed by atoms with E-state index in [9.17, 15) is 28.8 Å². The second-order valence-corrected chi connectivity index (χ2v) is 9.55. The van der Waals surface area contributed by atoms with Gasteiger partial charge in [-0.05, 0) is 35.4 Å². The molecule has 1 unspecified atom stereocenters. The summed E-state index contributed by atoms with van der Waals surface area (Å²) in [5, 5.41) is 15.3. The van der Waals surface area contributed by atoms with Gasteiger partial charge in [-0.3, -0.25) is 24.3 Å². The molecule has 1 aromatic carbocycles. The second-order valence-electron chi connectivity index (χ2n) is 7.58. The number of esters is 1. The van der Waals surface area contributed by atoms with E-state index in [1.807, 2.05) is 0 Å². The number of benzene rings is 1. The lowest BCUT2D eigenvalue weighted by molar-refractivity contribution is -0.151. The highest BCUT2D eigenvalue weighted by atomic mass is 35.5. The molecular weight excluding hydrogens is 488 g/mol. The number of β-lactam (4-membered cyclic amide) rings is 1. The third-order valence-corrected chi connectivity index (χ3v) is 7.21. The summed E-state index contributed by atoms with van der Waals surface area (Å²) in [5.74, 6) is -3.48. The molecule has 2 aliphatic heterocycles. The molecule has 4 rings (SSSR count). The Balaban J connectivity index is 1.44. The summed E-state index contributed by atoms with van der Waals surface area (Å²) in [5.41, 5.74) is 0.965. The first-order valence-electron chi connectivity index (χ1n) is 10.0. The van der Waals surface area contributed by atoms with Crippen molar-refractivity contribution in [2.45, 2.75) is 18.3 Å². The molecule has 1 fully saturated rings. The van der Waals surface area contributed by atoms with Crippen LogP contribution in [0.4, 0.5) is 5.69 Å². The van der Waals surface area contributed by atoms with Crippen molar-refractivity contribution >= 4 is 63.1 Å². The van der Waals surface area contributed by atoms with E-state index in [2.05, 4.69) is 15.6 Å². The quantitative estimate of drug-likeness (QED) is 0.277. The lowest BCUT2D eigenvalue weighted by Gasteiger charge is -2.48. The predicted octanol–water partition coefficient (Wildman–Crippen LogP) is 0.617. The van der Waals surface area contributed by atoms with Crippen LogP contribution in [0.5, 0.6) is 0 Å². The molecule has 0 aliphatic carbocycles. The largest absolute Gasteiger partial charge is 0.614 e. The van der Waals surface area contributed by atoms with Gasteiger partial charge in [-0.15, -0.1) is 0 Å². The van der Waals surface area contributed by atoms with Crippen molar-refractivity contribution in [3.8, 4) is 0 Å². The fourth-order valence-electron chi connectivity index (χ4n) is 3.83. The van der Waals surface area contributed by atoms with E-state index in [1.165, 1.54) is 0 Å². The first-order chi connectivity index (χ1) is 16.2. The van der Waals surface area contributed by atoms with Crippen LogP contribution in [-0.2, 0) is 35.1 Å². The van der Waals surface area contributed by atoms with Crippen molar-refractivity contribution < 1.29 is 33.6 Å². The van der Waals surface area contributed by atoms with Gasteiger partial charge >= 0.3 is 11.9 Å². The number of pyridine rings is 1. The highest BCUT2D eigenvalue weighted by Crippen LogP contribution is 2.36. The Labute approximate surface area is 201 Å². The van der Waals surface area contributed by atoms with Gasteiger partial charge < -0.3 is 25.0 Å². The monoisotopic (exact) mass is 506 g/mol. The fraction of sp³-hybridized carbons (Fsp3) is 0.286. The molecule has 3 N–H and O–H groups in total. The van der Waals surface area contributed by atoms with Crippen molar-refractivity contribution in [1.29, 1.82) is 0 Å². The number of ether oxygens (including phenoxy) is 1. The van der Waals surface area contributed by atoms with Crippen LogP contribution in [0, 0.1) is 0 Å². The third-order valence-electron chi connectivity index (χ3n) is 5.32. The number of carbonyl (C=O) groups is 4. The first-order valence-corrected chi connectivity index (χ1v) is 11.8. The second kappa shape index (κ2) is 9.49. The van der Waals surface area contributed by atoms with Gasteiger partial charge in [-0.2, -0.15) is 0 Å². The average molecular weight is 507 g/mol. The summed E-state index contributed by atoms with van der Waals surface area (Å²) in [6, 6.07) is 5.69. The van der Waals surface area contributed by atoms with E-state index in [4.69, 9.17) is 16.3 Å². The third kappa shape index (κ3) is 4.52. The fourth-order valence-corrected chi connectivity index (χ4v) is 5.66. The van der Waals surface area contributed by atoms with E-state index in [1.54, 1.807) is 30.5 Å². The van der Waals surface area contributed by atoms with E-state index in [0.717, 1.165) is 17.2 Å². The minimum absolute atomic E-state index is 0.0711. The van der Waals surface area contributed by atoms with Crippen molar-refractivity contribution in [3.63, 3.8) is 0 Å². The molecule has 0 saturated carbocycles. The molecule has 1 saturated heterocycles. The number of nitrogens with zero attached hydrogens (tertiary/aromatic N) is 2. The molecule has 1 aromatic heterocycles. The van der Waals surface area contributed by atoms with E-state index < -0.39 is 46.3 Å². The summed E-state index contributed by atoms with van der Waals surface area (Å²) >= 11 is 4.28. The lowest BCUT2D eigenvalue weighted by Crippen LogP contribution is -2.75. The molecule has 0 radical (unpaired) electrons. The Bertz CT molecular complexity index is 1240. The molecule has 3 atom stereocenters. The minimum atomic E-state index is -1.70. The van der Waals surface area contributed by atoms with Gasteiger partial charge in [0.2, 0.25) is 11.3 Å². The van der Waals surface area contributed by atoms with Crippen LogP contribution in [0.1, 0.15) is 6.92 Å². The van der Waals surface area contributed by atoms with Crippen LogP contribution in [0.3, 0.4) is 0 Å². The van der Waals surface area contributed by atoms with Gasteiger partial charge in [0, 0.05) is 34.8 Å². The van der Waals surface area contributed by atoms with Crippen LogP contribution in [-0.4, -0.2) is 73.6 Å². The maximum absolute atomic E-state index is 12.7. The van der Waals surface area contributed by atoms with Crippen molar-refractivity contribution in [2.75, 3.05) is 24.2 Å². The molecular formula is C21H19ClN4O7S. The molecule has 13 heteroatoms. The van der Waals surface area contributed by atoms with Crippen LogP contribution in [0.25, 0.3) is 10.9 Å². The van der Waals surface area contributed by atoms with Crippen LogP contribution in [0.15, 0.2) is 41.7 Å². The average Bonchev–Trinajstić information content (AvgIpc) is 2.78. The molecule has 0 spiro atoms. The summed E-state index contributed by atoms with van der Waals surface area (Å²) in [4.78, 5) is 53.2. The summed E-state index contributed by atoms with van der Waals surface area (Å²) in [7, 11) is 0. The number of halogens is 1. The molecule has 3 heterocycles. The van der Waals surface area contributed by atoms with Crippen molar-refractivity contribution in [2.24, 2.45) is 0 Å². The highest BCUT2D eigenvalue weighted by Gasteiger charge is 2.61. The Morgan fingerprint density at radius 2 is 2.12 bits per heavy atom. The summed E-state index contributed by atoms with van der Waals surface area (Å²) in [6.45, 7) is 0.581. The number of amides is 2. The summed E-state index contributed by atoms with van der Waals surface area (Å²) in [6.07, 6.45) is 1.56. The molecule has 2 amide bonds. The van der Waals surface area contributed by atoms with Crippen LogP contribution < -0.4 is 10.6 Å². The smallest absolute Gasteiger partial charge is 0.353 e. The number of rotatable bonds is 7. The Kier molecular flexibility index (Phi) is 6.64. The van der Waals surface area contributed by atoms with Gasteiger partial charge in [0.05, 0.1) is 12.1 Å². The Morgan fingerprint density at radius 1 is 1.35 bits per heavy atom. The number of carboxylic acid groups (broad SMARTS) is 1. The Morgan fingerprint density at radius 3 is 2.82 bits per heavy atom. The number of anilines is 1. The van der Waals surface area contributed by atoms with Gasteiger partial charge in [0.15, 0.2) is 6.04 Å². The number of aromatic nitrogens is 1. The normalized spacial score (nSPS) is 21.6. The standard InChI is InChI=1S/C21H19ClN4O7S/c1-10(27)33-8-11-9-34(32)20-17(19(29)26(20)18(11)21(30)31)25-16(28)7-24-14-4-5-23-15-6-12(22)2-3-13(14)15/h2-6,17,20H,7-9H2,1H3,(H,23,24)(H,25,28)(H,30,31)/t17-,20-,34?/m1/s1. The van der Waals surface area contributed by atoms with Crippen LogP contribution in [0.2, 0.25) is 5.02 Å². The van der Waals surface area contributed by atoms with Crippen molar-refractivity contribution in [1.82, 2.24) is 15.2 Å². The van der Waals surface area contributed by atoms with E-state index in [-0.39, 0.29) is 30.2 Å². The summed E-state index contributed by atoms with van der Waals surface area (Å²) < 4.78 is 17.6. The lowest BCUT2D eigenvalue weighted by atomic mass is 10.0. The maximum atomic E-state index is 12.7. The van der Waals surface area contributed by atoms with E-state index >= 15 is 0 Å². The van der Waals surface area contributed by atoms with Gasteiger partial charge in [0.25, 0.3) is 5.91 Å². The maximum Gasteiger partial charge on any atom is 0.353 e. The van der Waals surface area contributed by atoms with Gasteiger partial charge in [0.1, 0.15) is 18.1 Å². The minimum Gasteiger partial charge on any atom is -0.614 e. The number of hydrogen-bond donors (Lipinski definition) is 3. The van der Waals surface area contributed by atoms with Crippen molar-refractivity contribution in [3.05, 3.63) is 46.8 Å². The number of carboxylic acids is 1. The molecule has 34 heavy (non-hydrogen) atoms. The van der Waals surface area contributed by atoms with Crippen LogP contribution >= 0.6 is 11.6 Å². The van der Waals surface area contributed by atoms with Gasteiger partial charge in [-0.1, -0.05) is 11.6 Å². The zero-order valence-electron chi connectivity index (χ0n) is 17.7. The topological polar surface area (TPSA) is 161 Å². The molecule has 2 aromatic rings. The Hall–Kier alpha value is -3.35. The number of fused-ring (bicyclic) bond motifs is 2. The number of aliphatic carboxylic acids is 1. The zero-order chi connectivity index (χ0) is 24.6. The van der Waals surface area contributed by atoms with E-state index in [0.29, 0.717) is 16.2 Å². The number of nitrogens with one attached hydrogen (secondary N) is 2. The molecule has 2 aliphatic rings. The first kappa shape index (κ1) is 23.8. The highest BCUT2D eigenvalue weighted by molar-refractivity contribution is 7.92. The molecule has 11 nitrogen and oxygen atoms in total. The zero-order valence-corrected chi connectivity index (χ0v) is 19.3. The molecule has 0 bridgehead atoms.